The lowest BCUT2D eigenvalue weighted by molar-refractivity contribution is -0.131. The molecule has 2 nitrogen and oxygen atoms in total. The molecule has 0 spiro atoms. The highest BCUT2D eigenvalue weighted by Gasteiger charge is 2.34. The Kier molecular flexibility index (Phi) is 4.00. The fourth-order valence-corrected chi connectivity index (χ4v) is 2.10. The largest absolute Gasteiger partial charge is 0.334 e. The number of hydrogen-bond acceptors (Lipinski definition) is 1. The fourth-order valence-electron chi connectivity index (χ4n) is 1.84. The highest BCUT2D eigenvalue weighted by molar-refractivity contribution is 9.10. The van der Waals surface area contributed by atoms with Crippen LogP contribution in [0.2, 0.25) is 0 Å². The van der Waals surface area contributed by atoms with Crippen molar-refractivity contribution in [2.75, 3.05) is 0 Å². The van der Waals surface area contributed by atoms with Gasteiger partial charge in [-0.15, -0.1) is 0 Å². The van der Waals surface area contributed by atoms with Crippen molar-refractivity contribution in [3.63, 3.8) is 0 Å². The van der Waals surface area contributed by atoms with Crippen molar-refractivity contribution in [3.05, 3.63) is 35.4 Å². The van der Waals surface area contributed by atoms with E-state index in [4.69, 9.17) is 0 Å². The molecule has 1 aromatic carbocycles. The van der Waals surface area contributed by atoms with E-state index < -0.39 is 11.6 Å². The predicted molar refractivity (Wildman–Crippen MR) is 68.3 cm³/mol. The van der Waals surface area contributed by atoms with Gasteiger partial charge in [0.2, 0.25) is 5.91 Å². The van der Waals surface area contributed by atoms with Gasteiger partial charge in [0.25, 0.3) is 0 Å². The molecule has 5 heteroatoms. The van der Waals surface area contributed by atoms with Gasteiger partial charge in [-0.2, -0.15) is 0 Å². The van der Waals surface area contributed by atoms with Crippen LogP contribution in [0, 0.1) is 11.6 Å². The highest BCUT2D eigenvalue weighted by Crippen LogP contribution is 2.30. The third kappa shape index (κ3) is 3.07. The van der Waals surface area contributed by atoms with Gasteiger partial charge in [-0.25, -0.2) is 8.78 Å². The fraction of sp³-hybridized carbons (Fsp3) is 0.462. The second-order valence-corrected chi connectivity index (χ2v) is 5.92. The zero-order valence-electron chi connectivity index (χ0n) is 10.00. The van der Waals surface area contributed by atoms with Crippen LogP contribution in [0.5, 0.6) is 0 Å². The summed E-state index contributed by atoms with van der Waals surface area (Å²) in [5, 5.41) is 0. The summed E-state index contributed by atoms with van der Waals surface area (Å²) >= 11 is 3.24. The van der Waals surface area contributed by atoms with E-state index in [-0.39, 0.29) is 23.3 Å². The van der Waals surface area contributed by atoms with Crippen molar-refractivity contribution in [2.24, 2.45) is 0 Å². The van der Waals surface area contributed by atoms with Crippen LogP contribution >= 0.6 is 15.9 Å². The van der Waals surface area contributed by atoms with E-state index in [1.54, 1.807) is 11.8 Å². The predicted octanol–water partition coefficient (Wildman–Crippen LogP) is 3.24. The first kappa shape index (κ1) is 13.5. The number of amides is 1. The normalized spacial score (nSPS) is 16.4. The molecule has 2 rings (SSSR count). The third-order valence-electron chi connectivity index (χ3n) is 2.97. The number of nitrogens with zero attached hydrogens (tertiary/aromatic N) is 1. The van der Waals surface area contributed by atoms with Crippen LogP contribution in [0.3, 0.4) is 0 Å². The first-order chi connectivity index (χ1) is 8.49. The Bertz CT molecular complexity index is 460. The van der Waals surface area contributed by atoms with Gasteiger partial charge in [0.1, 0.15) is 11.6 Å². The second kappa shape index (κ2) is 5.34. The maximum absolute atomic E-state index is 13.6. The lowest BCUT2D eigenvalue weighted by Crippen LogP contribution is -2.37. The minimum absolute atomic E-state index is 0.0544. The molecule has 1 atom stereocenters. The molecular formula is C13H14BrF2NO. The summed E-state index contributed by atoms with van der Waals surface area (Å²) in [4.78, 5) is 13.4. The molecule has 1 saturated carbocycles. The Morgan fingerprint density at radius 2 is 2.17 bits per heavy atom. The van der Waals surface area contributed by atoms with Gasteiger partial charge in [0, 0.05) is 24.2 Å². The number of rotatable bonds is 4. The average Bonchev–Trinajstić information content (AvgIpc) is 3.11. The summed E-state index contributed by atoms with van der Waals surface area (Å²) < 4.78 is 26.4. The molecule has 0 radical (unpaired) electrons. The van der Waals surface area contributed by atoms with Crippen molar-refractivity contribution in [2.45, 2.75) is 37.2 Å². The van der Waals surface area contributed by atoms with Crippen LogP contribution in [0.1, 0.15) is 25.3 Å². The molecule has 0 aromatic heterocycles. The lowest BCUT2D eigenvalue weighted by Gasteiger charge is -2.24. The standard InChI is InChI=1S/C13H14BrF2NO/c1-8(14)13(18)17(11-4-5-11)7-9-2-3-10(15)6-12(9)16/h2-3,6,8,11H,4-5,7H2,1H3. The van der Waals surface area contributed by atoms with Crippen molar-refractivity contribution in [3.8, 4) is 0 Å². The second-order valence-electron chi connectivity index (χ2n) is 4.55. The number of carbonyl (C=O) groups is 1. The number of halogens is 3. The summed E-state index contributed by atoms with van der Waals surface area (Å²) in [5.74, 6) is -1.26. The molecule has 98 valence electrons. The van der Waals surface area contributed by atoms with Gasteiger partial charge >= 0.3 is 0 Å². The summed E-state index contributed by atoms with van der Waals surface area (Å²) in [6.45, 7) is 1.95. The van der Waals surface area contributed by atoms with Crippen LogP contribution in [0.15, 0.2) is 18.2 Å². The van der Waals surface area contributed by atoms with Gasteiger partial charge in [0.15, 0.2) is 0 Å². The molecule has 0 saturated heterocycles. The smallest absolute Gasteiger partial charge is 0.236 e. The van der Waals surface area contributed by atoms with Gasteiger partial charge < -0.3 is 4.90 Å². The Labute approximate surface area is 113 Å². The summed E-state index contributed by atoms with van der Waals surface area (Å²) in [5.41, 5.74) is 0.352. The van der Waals surface area contributed by atoms with Crippen molar-refractivity contribution in [1.82, 2.24) is 4.90 Å². The maximum Gasteiger partial charge on any atom is 0.236 e. The minimum atomic E-state index is -0.602. The molecule has 0 aliphatic heterocycles. The molecule has 1 aliphatic carbocycles. The topological polar surface area (TPSA) is 20.3 Å². The van der Waals surface area contributed by atoms with E-state index in [0.29, 0.717) is 5.56 Å². The molecule has 1 aliphatic rings. The monoisotopic (exact) mass is 317 g/mol. The van der Waals surface area contributed by atoms with E-state index >= 15 is 0 Å². The minimum Gasteiger partial charge on any atom is -0.334 e. The number of alkyl halides is 1. The van der Waals surface area contributed by atoms with Crippen molar-refractivity contribution >= 4 is 21.8 Å². The van der Waals surface area contributed by atoms with Crippen LogP contribution in [0.4, 0.5) is 8.78 Å². The average molecular weight is 318 g/mol. The first-order valence-corrected chi connectivity index (χ1v) is 6.79. The van der Waals surface area contributed by atoms with Gasteiger partial charge in [-0.1, -0.05) is 22.0 Å². The van der Waals surface area contributed by atoms with Gasteiger partial charge in [-0.05, 0) is 25.8 Å². The number of hydrogen-bond donors (Lipinski definition) is 0. The van der Waals surface area contributed by atoms with E-state index in [1.165, 1.54) is 12.1 Å². The first-order valence-electron chi connectivity index (χ1n) is 5.87. The SMILES string of the molecule is CC(Br)C(=O)N(Cc1ccc(F)cc1F)C1CC1. The zero-order chi connectivity index (χ0) is 13.3. The number of carbonyl (C=O) groups excluding carboxylic acids is 1. The Morgan fingerprint density at radius 3 is 2.67 bits per heavy atom. The van der Waals surface area contributed by atoms with E-state index in [9.17, 15) is 13.6 Å². The maximum atomic E-state index is 13.6. The molecular weight excluding hydrogens is 304 g/mol. The molecule has 1 aromatic rings. The highest BCUT2D eigenvalue weighted by atomic mass is 79.9. The summed E-state index contributed by atoms with van der Waals surface area (Å²) in [7, 11) is 0. The Morgan fingerprint density at radius 1 is 1.50 bits per heavy atom. The van der Waals surface area contributed by atoms with E-state index in [1.807, 2.05) is 0 Å². The summed E-state index contributed by atoms with van der Waals surface area (Å²) in [6, 6.07) is 3.65. The van der Waals surface area contributed by atoms with Crippen LogP contribution in [-0.2, 0) is 11.3 Å². The Balaban J connectivity index is 2.16. The van der Waals surface area contributed by atoms with E-state index in [0.717, 1.165) is 18.9 Å². The van der Waals surface area contributed by atoms with E-state index in [2.05, 4.69) is 15.9 Å². The quantitative estimate of drug-likeness (QED) is 0.781. The van der Waals surface area contributed by atoms with Gasteiger partial charge in [0.05, 0.1) is 4.83 Å². The van der Waals surface area contributed by atoms with Crippen LogP contribution < -0.4 is 0 Å². The molecule has 1 fully saturated rings. The van der Waals surface area contributed by atoms with Crippen molar-refractivity contribution < 1.29 is 13.6 Å². The van der Waals surface area contributed by atoms with Crippen LogP contribution in [0.25, 0.3) is 0 Å². The van der Waals surface area contributed by atoms with Gasteiger partial charge in [-0.3, -0.25) is 4.79 Å². The molecule has 0 N–H and O–H groups in total. The molecule has 0 heterocycles. The zero-order valence-corrected chi connectivity index (χ0v) is 11.6. The van der Waals surface area contributed by atoms with Crippen LogP contribution in [-0.4, -0.2) is 21.7 Å². The molecule has 18 heavy (non-hydrogen) atoms. The molecule has 1 amide bonds. The molecule has 0 bridgehead atoms. The summed E-state index contributed by atoms with van der Waals surface area (Å²) in [6.07, 6.45) is 1.91. The third-order valence-corrected chi connectivity index (χ3v) is 3.36. The lowest BCUT2D eigenvalue weighted by atomic mass is 10.2. The molecule has 1 unspecified atom stereocenters. The Hall–Kier alpha value is -0.970. The number of benzene rings is 1. The van der Waals surface area contributed by atoms with Crippen molar-refractivity contribution in [1.29, 1.82) is 0 Å².